The second-order valence-electron chi connectivity index (χ2n) is 7.15. The highest BCUT2D eigenvalue weighted by Gasteiger charge is 2.33. The Bertz CT molecular complexity index is 1050. The molecule has 30 heavy (non-hydrogen) atoms. The first-order valence-corrected chi connectivity index (χ1v) is 10.9. The van der Waals surface area contributed by atoms with E-state index in [1.165, 1.54) is 29.6 Å². The number of nitrogens with one attached hydrogen (secondary N) is 1. The van der Waals surface area contributed by atoms with Crippen LogP contribution in [-0.4, -0.2) is 43.8 Å². The van der Waals surface area contributed by atoms with Crippen molar-refractivity contribution < 1.29 is 22.9 Å². The molecule has 1 N–H and O–H groups in total. The minimum atomic E-state index is -3.71. The minimum absolute atomic E-state index is 0.0410. The van der Waals surface area contributed by atoms with Gasteiger partial charge < -0.3 is 10.1 Å². The molecule has 9 nitrogen and oxygen atoms in total. The number of nitro groups is 1. The lowest BCUT2D eigenvalue weighted by atomic mass is 9.98. The predicted molar refractivity (Wildman–Crippen MR) is 111 cm³/mol. The molecule has 0 aromatic heterocycles. The van der Waals surface area contributed by atoms with Crippen LogP contribution in [0.2, 0.25) is 0 Å². The van der Waals surface area contributed by atoms with Gasteiger partial charge in [0.15, 0.2) is 0 Å². The summed E-state index contributed by atoms with van der Waals surface area (Å²) in [6.45, 7) is 2.25. The van der Waals surface area contributed by atoms with Gasteiger partial charge in [-0.3, -0.25) is 14.9 Å². The summed E-state index contributed by atoms with van der Waals surface area (Å²) in [5.41, 5.74) is 0.948. The fourth-order valence-electron chi connectivity index (χ4n) is 3.38. The molecule has 2 aromatic carbocycles. The van der Waals surface area contributed by atoms with Crippen LogP contribution in [0.15, 0.2) is 47.4 Å². The molecule has 160 valence electrons. The second-order valence-corrected chi connectivity index (χ2v) is 9.08. The van der Waals surface area contributed by atoms with E-state index in [2.05, 4.69) is 5.32 Å². The summed E-state index contributed by atoms with van der Waals surface area (Å²) in [5, 5.41) is 13.7. The van der Waals surface area contributed by atoms with E-state index in [0.29, 0.717) is 19.4 Å². The van der Waals surface area contributed by atoms with Crippen molar-refractivity contribution in [2.75, 3.05) is 25.5 Å². The van der Waals surface area contributed by atoms with E-state index in [1.807, 2.05) is 6.92 Å². The van der Waals surface area contributed by atoms with E-state index in [4.69, 9.17) is 4.74 Å². The average Bonchev–Trinajstić information content (AvgIpc) is 2.74. The number of ether oxygens (including phenoxy) is 1. The number of piperidine rings is 1. The molecule has 0 spiro atoms. The first-order chi connectivity index (χ1) is 14.2. The summed E-state index contributed by atoms with van der Waals surface area (Å²) in [5.74, 6) is -0.700. The van der Waals surface area contributed by atoms with Gasteiger partial charge in [0.2, 0.25) is 15.9 Å². The molecular formula is C20H23N3O6S. The lowest BCUT2D eigenvalue weighted by Crippen LogP contribution is -2.43. The SMILES string of the molecule is COc1ccc([N+](=O)[O-])cc1NC(=O)C1CCCN(S(=O)(=O)c2ccc(C)cc2)C1. The lowest BCUT2D eigenvalue weighted by Gasteiger charge is -2.31. The van der Waals surface area contributed by atoms with E-state index < -0.39 is 26.8 Å². The zero-order chi connectivity index (χ0) is 21.9. The van der Waals surface area contributed by atoms with Crippen LogP contribution in [0.3, 0.4) is 0 Å². The maximum atomic E-state index is 12.9. The summed E-state index contributed by atoms with van der Waals surface area (Å²) in [6.07, 6.45) is 1.05. The smallest absolute Gasteiger partial charge is 0.271 e. The Hall–Kier alpha value is -2.98. The van der Waals surface area contributed by atoms with Gasteiger partial charge in [-0.15, -0.1) is 0 Å². The normalized spacial score (nSPS) is 17.3. The summed E-state index contributed by atoms with van der Waals surface area (Å²) >= 11 is 0. The van der Waals surface area contributed by atoms with Crippen LogP contribution in [0.4, 0.5) is 11.4 Å². The number of carbonyl (C=O) groups excluding carboxylic acids is 1. The van der Waals surface area contributed by atoms with Gasteiger partial charge in [-0.2, -0.15) is 4.31 Å². The van der Waals surface area contributed by atoms with E-state index in [-0.39, 0.29) is 28.6 Å². The molecule has 0 bridgehead atoms. The van der Waals surface area contributed by atoms with Crippen molar-refractivity contribution in [3.63, 3.8) is 0 Å². The number of benzene rings is 2. The Morgan fingerprint density at radius 1 is 1.23 bits per heavy atom. The zero-order valence-corrected chi connectivity index (χ0v) is 17.5. The van der Waals surface area contributed by atoms with Crippen molar-refractivity contribution >= 4 is 27.3 Å². The van der Waals surface area contributed by atoms with Gasteiger partial charge in [-0.05, 0) is 38.0 Å². The zero-order valence-electron chi connectivity index (χ0n) is 16.7. The number of nitrogens with zero attached hydrogens (tertiary/aromatic N) is 2. The second kappa shape index (κ2) is 8.80. The van der Waals surface area contributed by atoms with Crippen LogP contribution in [0, 0.1) is 23.0 Å². The Kier molecular flexibility index (Phi) is 6.37. The molecule has 1 fully saturated rings. The third-order valence-electron chi connectivity index (χ3n) is 5.07. The molecule has 0 saturated carbocycles. The van der Waals surface area contributed by atoms with Gasteiger partial charge >= 0.3 is 0 Å². The van der Waals surface area contributed by atoms with Gasteiger partial charge in [-0.1, -0.05) is 17.7 Å². The number of anilines is 1. The number of sulfonamides is 1. The summed E-state index contributed by atoms with van der Waals surface area (Å²) < 4.78 is 32.4. The monoisotopic (exact) mass is 433 g/mol. The van der Waals surface area contributed by atoms with Gasteiger partial charge in [0.05, 0.1) is 28.5 Å². The van der Waals surface area contributed by atoms with Gasteiger partial charge in [0.1, 0.15) is 5.75 Å². The fourth-order valence-corrected chi connectivity index (χ4v) is 4.90. The number of amides is 1. The number of hydrogen-bond donors (Lipinski definition) is 1. The van der Waals surface area contributed by atoms with Crippen LogP contribution in [-0.2, 0) is 14.8 Å². The Morgan fingerprint density at radius 3 is 2.57 bits per heavy atom. The summed E-state index contributed by atoms with van der Waals surface area (Å²) in [7, 11) is -2.31. The molecule has 1 amide bonds. The molecule has 0 radical (unpaired) electrons. The van der Waals surface area contributed by atoms with Crippen molar-refractivity contribution in [2.45, 2.75) is 24.7 Å². The number of nitro benzene ring substituents is 1. The first kappa shape index (κ1) is 21.7. The third-order valence-corrected chi connectivity index (χ3v) is 6.94. The van der Waals surface area contributed by atoms with E-state index in [1.54, 1.807) is 24.3 Å². The third kappa shape index (κ3) is 4.60. The molecule has 3 rings (SSSR count). The van der Waals surface area contributed by atoms with Crippen molar-refractivity contribution in [1.82, 2.24) is 4.31 Å². The van der Waals surface area contributed by atoms with Crippen LogP contribution in [0.5, 0.6) is 5.75 Å². The van der Waals surface area contributed by atoms with Gasteiger partial charge in [0, 0.05) is 25.2 Å². The molecule has 1 atom stereocenters. The molecule has 1 aliphatic heterocycles. The topological polar surface area (TPSA) is 119 Å². The van der Waals surface area contributed by atoms with Gasteiger partial charge in [-0.25, -0.2) is 8.42 Å². The maximum Gasteiger partial charge on any atom is 0.271 e. The van der Waals surface area contributed by atoms with Crippen molar-refractivity contribution in [1.29, 1.82) is 0 Å². The summed E-state index contributed by atoms with van der Waals surface area (Å²) in [6, 6.07) is 10.5. The van der Waals surface area contributed by atoms with E-state index >= 15 is 0 Å². The first-order valence-electron chi connectivity index (χ1n) is 9.42. The summed E-state index contributed by atoms with van der Waals surface area (Å²) in [4.78, 5) is 23.5. The maximum absolute atomic E-state index is 12.9. The number of non-ortho nitro benzene ring substituents is 1. The highest BCUT2D eigenvalue weighted by molar-refractivity contribution is 7.89. The Balaban J connectivity index is 1.77. The van der Waals surface area contributed by atoms with Crippen LogP contribution in [0.25, 0.3) is 0 Å². The molecule has 2 aromatic rings. The van der Waals surface area contributed by atoms with Gasteiger partial charge in [0.25, 0.3) is 5.69 Å². The van der Waals surface area contributed by atoms with Crippen molar-refractivity contribution in [3.05, 3.63) is 58.1 Å². The molecule has 0 aliphatic carbocycles. The number of carbonyl (C=O) groups is 1. The molecule has 1 aliphatic rings. The van der Waals surface area contributed by atoms with Crippen LogP contribution < -0.4 is 10.1 Å². The number of rotatable bonds is 6. The van der Waals surface area contributed by atoms with E-state index in [9.17, 15) is 23.3 Å². The minimum Gasteiger partial charge on any atom is -0.495 e. The Labute approximate surface area is 174 Å². The Morgan fingerprint density at radius 2 is 1.93 bits per heavy atom. The standard InChI is InChI=1S/C20H23N3O6S/c1-14-5-8-17(9-6-14)30(27,28)22-11-3-4-15(13-22)20(24)21-18-12-16(23(25)26)7-10-19(18)29-2/h5-10,12,15H,3-4,11,13H2,1-2H3,(H,21,24). The molecule has 10 heteroatoms. The number of hydrogen-bond acceptors (Lipinski definition) is 6. The molecule has 1 saturated heterocycles. The molecule has 1 unspecified atom stereocenters. The lowest BCUT2D eigenvalue weighted by molar-refractivity contribution is -0.384. The fraction of sp³-hybridized carbons (Fsp3) is 0.350. The molecule has 1 heterocycles. The van der Waals surface area contributed by atoms with Crippen molar-refractivity contribution in [3.8, 4) is 5.75 Å². The van der Waals surface area contributed by atoms with Crippen molar-refractivity contribution in [2.24, 2.45) is 5.92 Å². The largest absolute Gasteiger partial charge is 0.495 e. The molecular weight excluding hydrogens is 410 g/mol. The van der Waals surface area contributed by atoms with Crippen LogP contribution >= 0.6 is 0 Å². The highest BCUT2D eigenvalue weighted by atomic mass is 32.2. The van der Waals surface area contributed by atoms with Crippen LogP contribution in [0.1, 0.15) is 18.4 Å². The predicted octanol–water partition coefficient (Wildman–Crippen LogP) is 2.95. The number of methoxy groups -OCH3 is 1. The average molecular weight is 433 g/mol. The van der Waals surface area contributed by atoms with E-state index in [0.717, 1.165) is 5.56 Å². The highest BCUT2D eigenvalue weighted by Crippen LogP contribution is 2.31. The quantitative estimate of drug-likeness (QED) is 0.553. The number of aryl methyl sites for hydroxylation is 1.